The molecule has 1 aromatic carbocycles. The zero-order chi connectivity index (χ0) is 18.0. The summed E-state index contributed by atoms with van der Waals surface area (Å²) in [6.07, 6.45) is -3.39. The summed E-state index contributed by atoms with van der Waals surface area (Å²) in [4.78, 5) is 18.9. The fourth-order valence-electron chi connectivity index (χ4n) is 2.75. The molecule has 1 aliphatic rings. The number of nitrogens with zero attached hydrogens (tertiary/aromatic N) is 2. The lowest BCUT2D eigenvalue weighted by molar-refractivity contribution is -0.367. The van der Waals surface area contributed by atoms with Crippen molar-refractivity contribution in [3.63, 3.8) is 0 Å². The molecule has 1 amide bonds. The van der Waals surface area contributed by atoms with Crippen molar-refractivity contribution in [3.05, 3.63) is 58.2 Å². The number of aromatic nitrogens is 1. The van der Waals surface area contributed by atoms with Crippen LogP contribution in [0.3, 0.4) is 0 Å². The highest BCUT2D eigenvalue weighted by Gasteiger charge is 2.33. The molecular weight excluding hydrogens is 399 g/mol. The predicted octanol–water partition coefficient (Wildman–Crippen LogP) is 3.24. The first-order chi connectivity index (χ1) is 11.9. The summed E-state index contributed by atoms with van der Waals surface area (Å²) < 4.78 is 38.6. The Bertz CT molecular complexity index is 756. The van der Waals surface area contributed by atoms with Crippen LogP contribution < -0.4 is 9.88 Å². The minimum atomic E-state index is -4.36. The van der Waals surface area contributed by atoms with E-state index in [4.69, 9.17) is 0 Å². The first-order valence-electron chi connectivity index (χ1n) is 7.74. The topological polar surface area (TPSA) is 37.7 Å². The molecule has 2 aromatic rings. The summed E-state index contributed by atoms with van der Waals surface area (Å²) in [5.74, 6) is 0.560. The van der Waals surface area contributed by atoms with Crippen LogP contribution in [-0.2, 0) is 6.18 Å². The molecule has 25 heavy (non-hydrogen) atoms. The Balaban J connectivity index is 1.64. The number of nitrogens with one attached hydrogen (secondary N) is 1. The molecule has 3 rings (SSSR count). The van der Waals surface area contributed by atoms with Gasteiger partial charge in [0.25, 0.3) is 11.7 Å². The van der Waals surface area contributed by atoms with Gasteiger partial charge in [-0.15, -0.1) is 0 Å². The molecule has 2 heterocycles. The Morgan fingerprint density at radius 1 is 1.04 bits per heavy atom. The third kappa shape index (κ3) is 3.95. The molecule has 1 fully saturated rings. The van der Waals surface area contributed by atoms with Gasteiger partial charge in [0.2, 0.25) is 0 Å². The number of rotatable bonds is 2. The minimum absolute atomic E-state index is 0.0523. The van der Waals surface area contributed by atoms with Crippen LogP contribution in [0.2, 0.25) is 0 Å². The van der Waals surface area contributed by atoms with Crippen LogP contribution in [0.1, 0.15) is 15.9 Å². The number of aromatic amines is 1. The van der Waals surface area contributed by atoms with E-state index in [0.717, 1.165) is 16.7 Å². The Hall–Kier alpha value is -2.09. The summed E-state index contributed by atoms with van der Waals surface area (Å²) in [6.45, 7) is 2.13. The van der Waals surface area contributed by atoms with Crippen LogP contribution in [0, 0.1) is 0 Å². The summed E-state index contributed by atoms with van der Waals surface area (Å²) in [6, 6.07) is 9.73. The van der Waals surface area contributed by atoms with Gasteiger partial charge in [-0.2, -0.15) is 13.2 Å². The predicted molar refractivity (Wildman–Crippen MR) is 90.3 cm³/mol. The monoisotopic (exact) mass is 414 g/mol. The van der Waals surface area contributed by atoms with Gasteiger partial charge in [0.1, 0.15) is 19.3 Å². The van der Waals surface area contributed by atoms with Crippen LogP contribution in [0.4, 0.5) is 19.0 Å². The third-order valence-corrected chi connectivity index (χ3v) is 4.83. The van der Waals surface area contributed by atoms with E-state index >= 15 is 0 Å². The average Bonchev–Trinajstić information content (AvgIpc) is 2.61. The van der Waals surface area contributed by atoms with Crippen molar-refractivity contribution in [3.8, 4) is 0 Å². The molecule has 1 N–H and O–H groups in total. The molecule has 0 saturated carbocycles. The summed E-state index contributed by atoms with van der Waals surface area (Å²) in [7, 11) is 0. The highest BCUT2D eigenvalue weighted by atomic mass is 79.9. The first kappa shape index (κ1) is 17.7. The van der Waals surface area contributed by atoms with Gasteiger partial charge in [0.05, 0.1) is 24.2 Å². The second-order valence-electron chi connectivity index (χ2n) is 5.72. The zero-order valence-electron chi connectivity index (χ0n) is 13.2. The number of alkyl halides is 3. The molecular formula is C17H16BrF3N3O+. The van der Waals surface area contributed by atoms with Gasteiger partial charge in [0, 0.05) is 10.5 Å². The highest BCUT2D eigenvalue weighted by molar-refractivity contribution is 9.10. The Morgan fingerprint density at radius 2 is 1.72 bits per heavy atom. The van der Waals surface area contributed by atoms with Gasteiger partial charge in [-0.05, 0) is 34.1 Å². The van der Waals surface area contributed by atoms with Crippen LogP contribution in [0.5, 0.6) is 0 Å². The molecule has 0 bridgehead atoms. The number of benzene rings is 1. The number of anilines is 1. The number of carbonyl (C=O) groups excluding carboxylic acids is 1. The number of piperazine rings is 1. The van der Waals surface area contributed by atoms with Gasteiger partial charge < -0.3 is 4.90 Å². The number of hydrogen-bond donors (Lipinski definition) is 0. The lowest BCUT2D eigenvalue weighted by atomic mass is 10.2. The maximum atomic E-state index is 12.6. The summed E-state index contributed by atoms with van der Waals surface area (Å²) >= 11 is 3.38. The van der Waals surface area contributed by atoms with E-state index in [1.54, 1.807) is 11.0 Å². The second kappa shape index (κ2) is 7.03. The molecule has 0 unspecified atom stereocenters. The van der Waals surface area contributed by atoms with Crippen molar-refractivity contribution in [1.82, 2.24) is 4.90 Å². The summed E-state index contributed by atoms with van der Waals surface area (Å²) in [5.41, 5.74) is -0.101. The van der Waals surface area contributed by atoms with Gasteiger partial charge in [0.15, 0.2) is 0 Å². The molecule has 1 saturated heterocycles. The van der Waals surface area contributed by atoms with Crippen molar-refractivity contribution in [1.29, 1.82) is 0 Å². The maximum absolute atomic E-state index is 12.6. The van der Waals surface area contributed by atoms with Gasteiger partial charge in [-0.3, -0.25) is 9.69 Å². The van der Waals surface area contributed by atoms with E-state index in [9.17, 15) is 18.0 Å². The number of pyridine rings is 1. The minimum Gasteiger partial charge on any atom is -0.331 e. The summed E-state index contributed by atoms with van der Waals surface area (Å²) in [5, 5.41) is 0. The number of carbonyl (C=O) groups is 1. The van der Waals surface area contributed by atoms with E-state index < -0.39 is 11.7 Å². The van der Waals surface area contributed by atoms with Gasteiger partial charge in [-0.1, -0.05) is 12.1 Å². The Labute approximate surface area is 151 Å². The quantitative estimate of drug-likeness (QED) is 0.756. The standard InChI is InChI=1S/C17H15BrF3N3O/c18-14-4-2-1-3-13(14)16(25)24-9-7-23(8-10-24)15-6-5-12(11-22-15)17(19,20)21/h1-6,11H,7-10H2/p+1. The molecule has 132 valence electrons. The lowest BCUT2D eigenvalue weighted by Gasteiger charge is -2.31. The number of H-pyrrole nitrogens is 1. The van der Waals surface area contributed by atoms with Crippen molar-refractivity contribution in [2.45, 2.75) is 6.18 Å². The molecule has 4 nitrogen and oxygen atoms in total. The molecule has 0 spiro atoms. The molecule has 0 atom stereocenters. The number of hydrogen-bond acceptors (Lipinski definition) is 2. The molecule has 8 heteroatoms. The zero-order valence-corrected chi connectivity index (χ0v) is 14.8. The Kier molecular flexibility index (Phi) is 4.99. The molecule has 1 aliphatic heterocycles. The van der Waals surface area contributed by atoms with E-state index in [2.05, 4.69) is 20.9 Å². The second-order valence-corrected chi connectivity index (χ2v) is 6.57. The van der Waals surface area contributed by atoms with Crippen molar-refractivity contribution in [2.75, 3.05) is 31.1 Å². The van der Waals surface area contributed by atoms with Crippen molar-refractivity contribution >= 4 is 27.7 Å². The SMILES string of the molecule is O=C(c1ccccc1Br)N1CCN(c2ccc(C(F)(F)F)c[nH+]2)CC1. The van der Waals surface area contributed by atoms with Crippen LogP contribution >= 0.6 is 15.9 Å². The average molecular weight is 415 g/mol. The normalized spacial score (nSPS) is 15.4. The fraction of sp³-hybridized carbons (Fsp3) is 0.294. The van der Waals surface area contributed by atoms with Crippen molar-refractivity contribution in [2.24, 2.45) is 0 Å². The third-order valence-electron chi connectivity index (χ3n) is 4.14. The van der Waals surface area contributed by atoms with Crippen LogP contribution in [-0.4, -0.2) is 37.0 Å². The number of halogens is 4. The lowest BCUT2D eigenvalue weighted by Crippen LogP contribution is -2.50. The maximum Gasteiger partial charge on any atom is 0.419 e. The van der Waals surface area contributed by atoms with Crippen LogP contribution in [0.25, 0.3) is 0 Å². The van der Waals surface area contributed by atoms with Gasteiger partial charge >= 0.3 is 6.18 Å². The first-order valence-corrected chi connectivity index (χ1v) is 8.53. The van der Waals surface area contributed by atoms with E-state index in [1.807, 2.05) is 23.1 Å². The number of amides is 1. The molecule has 0 radical (unpaired) electrons. The Morgan fingerprint density at radius 3 is 2.28 bits per heavy atom. The molecule has 1 aromatic heterocycles. The largest absolute Gasteiger partial charge is 0.419 e. The van der Waals surface area contributed by atoms with E-state index in [-0.39, 0.29) is 5.91 Å². The van der Waals surface area contributed by atoms with Crippen LogP contribution in [0.15, 0.2) is 47.1 Å². The highest BCUT2D eigenvalue weighted by Crippen LogP contribution is 2.28. The van der Waals surface area contributed by atoms with E-state index in [1.165, 1.54) is 6.07 Å². The van der Waals surface area contributed by atoms with Gasteiger partial charge in [-0.25, -0.2) is 4.98 Å². The molecule has 0 aliphatic carbocycles. The van der Waals surface area contributed by atoms with E-state index in [0.29, 0.717) is 37.6 Å². The fourth-order valence-corrected chi connectivity index (χ4v) is 3.20. The smallest absolute Gasteiger partial charge is 0.331 e. The van der Waals surface area contributed by atoms with Crippen molar-refractivity contribution < 1.29 is 22.9 Å².